The second-order valence-corrected chi connectivity index (χ2v) is 11.2. The van der Waals surface area contributed by atoms with Crippen LogP contribution < -0.4 is 5.32 Å². The number of ether oxygens (including phenoxy) is 2. The summed E-state index contributed by atoms with van der Waals surface area (Å²) in [6, 6.07) is 14.4. The van der Waals surface area contributed by atoms with E-state index in [0.717, 1.165) is 37.0 Å². The van der Waals surface area contributed by atoms with Gasteiger partial charge >= 0.3 is 12.1 Å². The van der Waals surface area contributed by atoms with Crippen LogP contribution in [0.15, 0.2) is 65.3 Å². The third-order valence-electron chi connectivity index (χ3n) is 6.85. The number of fused-ring (bicyclic) bond motifs is 1. The number of hydrogen-bond acceptors (Lipinski definition) is 7. The number of nitrogens with zero attached hydrogens (tertiary/aromatic N) is 2. The topological polar surface area (TPSA) is 86.5 Å². The number of anilines is 1. The Morgan fingerprint density at radius 2 is 1.73 bits per heavy atom. The molecule has 1 saturated carbocycles. The fourth-order valence-corrected chi connectivity index (χ4v) is 5.11. The normalized spacial score (nSPS) is 17.9. The van der Waals surface area contributed by atoms with Gasteiger partial charge in [0.25, 0.3) is 0 Å². The maximum atomic E-state index is 13.3. The minimum absolute atomic E-state index is 0.0129. The quantitative estimate of drug-likeness (QED) is 0.230. The molecule has 10 heteroatoms. The Hall–Kier alpha value is -3.92. The van der Waals surface area contributed by atoms with Crippen molar-refractivity contribution in [3.63, 3.8) is 0 Å². The van der Waals surface area contributed by atoms with Crippen LogP contribution in [0.4, 0.5) is 19.0 Å². The fourth-order valence-electron chi connectivity index (χ4n) is 5.11. The molecule has 0 radical (unpaired) electrons. The number of carbonyl (C=O) groups excluding carboxylic acids is 1. The Morgan fingerprint density at radius 1 is 1.00 bits per heavy atom. The summed E-state index contributed by atoms with van der Waals surface area (Å²) in [4.78, 5) is 21.0. The molecular formula is C31H32F3N3O4. The molecule has 7 nitrogen and oxygen atoms in total. The predicted molar refractivity (Wildman–Crippen MR) is 149 cm³/mol. The van der Waals surface area contributed by atoms with Crippen molar-refractivity contribution in [2.45, 2.75) is 70.4 Å². The third-order valence-corrected chi connectivity index (χ3v) is 6.85. The van der Waals surface area contributed by atoms with Gasteiger partial charge in [-0.1, -0.05) is 42.5 Å². The molecule has 5 rings (SSSR count). The standard InChI is InChI=1S/C31H32F3N3O4/c1-30(2,3)41-24(38)17-39-23-11-7-10-22(16-23)37-28-26-25(19-12-14-21(15-13-19)31(32,33)34)27(20-8-5-4-6-9-20)40-29(26)36-18-35-28/h4-6,8-9,12-15,18,22-23H,7,10-11,16-17H2,1-3H3,(H,35,36,37)/t22-,23?/m0/s1. The van der Waals surface area contributed by atoms with E-state index in [1.165, 1.54) is 18.5 Å². The molecule has 2 aromatic heterocycles. The zero-order chi connectivity index (χ0) is 29.2. The number of alkyl halides is 3. The highest BCUT2D eigenvalue weighted by atomic mass is 19.4. The molecule has 0 bridgehead atoms. The van der Waals surface area contributed by atoms with Crippen LogP contribution in [-0.2, 0) is 20.4 Å². The zero-order valence-corrected chi connectivity index (χ0v) is 23.1. The van der Waals surface area contributed by atoms with Gasteiger partial charge in [0.1, 0.15) is 30.1 Å². The second kappa shape index (κ2) is 11.5. The predicted octanol–water partition coefficient (Wildman–Crippen LogP) is 7.66. The summed E-state index contributed by atoms with van der Waals surface area (Å²) in [5.41, 5.74) is 0.935. The lowest BCUT2D eigenvalue weighted by atomic mass is 9.92. The molecular weight excluding hydrogens is 535 g/mol. The van der Waals surface area contributed by atoms with Crippen molar-refractivity contribution in [2.24, 2.45) is 0 Å². The highest BCUT2D eigenvalue weighted by Gasteiger charge is 2.31. The third kappa shape index (κ3) is 6.87. The lowest BCUT2D eigenvalue weighted by molar-refractivity contribution is -0.162. The Bertz CT molecular complexity index is 1500. The van der Waals surface area contributed by atoms with Gasteiger partial charge in [-0.05, 0) is 64.2 Å². The Kier molecular flexibility index (Phi) is 8.04. The first-order valence-electron chi connectivity index (χ1n) is 13.6. The van der Waals surface area contributed by atoms with Crippen LogP contribution in [0, 0.1) is 0 Å². The molecule has 2 atom stereocenters. The van der Waals surface area contributed by atoms with E-state index in [2.05, 4.69) is 15.3 Å². The number of aromatic nitrogens is 2. The first-order valence-corrected chi connectivity index (χ1v) is 13.6. The number of hydrogen-bond donors (Lipinski definition) is 1. The van der Waals surface area contributed by atoms with Crippen molar-refractivity contribution in [3.05, 3.63) is 66.5 Å². The molecule has 2 aromatic carbocycles. The van der Waals surface area contributed by atoms with Crippen LogP contribution in [0.5, 0.6) is 0 Å². The van der Waals surface area contributed by atoms with Crippen LogP contribution in [0.2, 0.25) is 0 Å². The average Bonchev–Trinajstić information content (AvgIpc) is 3.32. The van der Waals surface area contributed by atoms with Crippen LogP contribution >= 0.6 is 0 Å². The molecule has 0 aliphatic heterocycles. The fraction of sp³-hybridized carbons (Fsp3) is 0.387. The van der Waals surface area contributed by atoms with E-state index in [4.69, 9.17) is 13.9 Å². The van der Waals surface area contributed by atoms with Gasteiger partial charge < -0.3 is 19.2 Å². The van der Waals surface area contributed by atoms with Crippen molar-refractivity contribution in [1.82, 2.24) is 9.97 Å². The van der Waals surface area contributed by atoms with Gasteiger partial charge in [-0.25, -0.2) is 14.8 Å². The van der Waals surface area contributed by atoms with E-state index < -0.39 is 23.3 Å². The van der Waals surface area contributed by atoms with E-state index in [0.29, 0.717) is 40.2 Å². The number of nitrogens with one attached hydrogen (secondary N) is 1. The number of furan rings is 1. The first kappa shape index (κ1) is 28.6. The molecule has 2 heterocycles. The molecule has 1 fully saturated rings. The van der Waals surface area contributed by atoms with Crippen molar-refractivity contribution in [3.8, 4) is 22.5 Å². The van der Waals surface area contributed by atoms with Gasteiger partial charge in [-0.15, -0.1) is 0 Å². The van der Waals surface area contributed by atoms with Gasteiger partial charge in [0.15, 0.2) is 0 Å². The van der Waals surface area contributed by atoms with Gasteiger partial charge in [0.2, 0.25) is 5.71 Å². The Labute approximate surface area is 236 Å². The Morgan fingerprint density at radius 3 is 2.41 bits per heavy atom. The molecule has 1 aliphatic carbocycles. The minimum Gasteiger partial charge on any atom is -0.458 e. The summed E-state index contributed by atoms with van der Waals surface area (Å²) in [6.45, 7) is 5.32. The van der Waals surface area contributed by atoms with E-state index in [-0.39, 0.29) is 18.8 Å². The Balaban J connectivity index is 1.45. The van der Waals surface area contributed by atoms with Crippen molar-refractivity contribution in [1.29, 1.82) is 0 Å². The molecule has 41 heavy (non-hydrogen) atoms. The molecule has 4 aromatic rings. The lowest BCUT2D eigenvalue weighted by Gasteiger charge is -2.30. The van der Waals surface area contributed by atoms with Crippen molar-refractivity contribution < 1.29 is 31.9 Å². The van der Waals surface area contributed by atoms with Crippen LogP contribution in [0.25, 0.3) is 33.6 Å². The minimum atomic E-state index is -4.45. The van der Waals surface area contributed by atoms with Crippen molar-refractivity contribution >= 4 is 22.9 Å². The van der Waals surface area contributed by atoms with Gasteiger partial charge in [-0.3, -0.25) is 0 Å². The van der Waals surface area contributed by atoms with Crippen LogP contribution in [0.3, 0.4) is 0 Å². The van der Waals surface area contributed by atoms with Gasteiger partial charge in [0.05, 0.1) is 17.1 Å². The molecule has 0 saturated heterocycles. The smallest absolute Gasteiger partial charge is 0.416 e. The van der Waals surface area contributed by atoms with Crippen LogP contribution in [0.1, 0.15) is 52.0 Å². The van der Waals surface area contributed by atoms with Gasteiger partial charge in [0, 0.05) is 17.2 Å². The molecule has 0 amide bonds. The SMILES string of the molecule is CC(C)(C)OC(=O)COC1CCC[C@H](Nc2ncnc3oc(-c4ccccc4)c(-c4ccc(C(F)(F)F)cc4)c23)C1. The maximum Gasteiger partial charge on any atom is 0.416 e. The number of halogens is 3. The summed E-state index contributed by atoms with van der Waals surface area (Å²) < 4.78 is 57.3. The van der Waals surface area contributed by atoms with E-state index in [9.17, 15) is 18.0 Å². The summed E-state index contributed by atoms with van der Waals surface area (Å²) in [5, 5.41) is 4.09. The van der Waals surface area contributed by atoms with Crippen molar-refractivity contribution in [2.75, 3.05) is 11.9 Å². The van der Waals surface area contributed by atoms with E-state index in [1.807, 2.05) is 51.1 Å². The second-order valence-electron chi connectivity index (χ2n) is 11.2. The zero-order valence-electron chi connectivity index (χ0n) is 23.1. The summed E-state index contributed by atoms with van der Waals surface area (Å²) in [6.07, 6.45) is 0.0313. The highest BCUT2D eigenvalue weighted by molar-refractivity contribution is 6.05. The number of benzene rings is 2. The number of rotatable bonds is 7. The van der Waals surface area contributed by atoms with Crippen LogP contribution in [-0.4, -0.2) is 40.3 Å². The summed E-state index contributed by atoms with van der Waals surface area (Å²) in [7, 11) is 0. The van der Waals surface area contributed by atoms with Gasteiger partial charge in [-0.2, -0.15) is 13.2 Å². The summed E-state index contributed by atoms with van der Waals surface area (Å²) >= 11 is 0. The molecule has 0 spiro atoms. The van der Waals surface area contributed by atoms with E-state index >= 15 is 0 Å². The summed E-state index contributed by atoms with van der Waals surface area (Å²) in [5.74, 6) is 0.609. The molecule has 1 N–H and O–H groups in total. The lowest BCUT2D eigenvalue weighted by Crippen LogP contribution is -2.34. The van der Waals surface area contributed by atoms with E-state index in [1.54, 1.807) is 0 Å². The largest absolute Gasteiger partial charge is 0.458 e. The monoisotopic (exact) mass is 567 g/mol. The highest BCUT2D eigenvalue weighted by Crippen LogP contribution is 2.43. The molecule has 1 unspecified atom stereocenters. The number of esters is 1. The number of carbonyl (C=O) groups is 1. The first-order chi connectivity index (χ1) is 19.5. The average molecular weight is 568 g/mol. The molecule has 216 valence electrons. The maximum absolute atomic E-state index is 13.3. The molecule has 1 aliphatic rings.